The molecule has 1 saturated carbocycles. The van der Waals surface area contributed by atoms with Crippen molar-refractivity contribution >= 4 is 5.91 Å². The summed E-state index contributed by atoms with van der Waals surface area (Å²) in [6, 6.07) is 0. The van der Waals surface area contributed by atoms with Crippen LogP contribution in [-0.4, -0.2) is 12.5 Å². The molecule has 0 aliphatic heterocycles. The van der Waals surface area contributed by atoms with Gasteiger partial charge in [-0.3, -0.25) is 10.1 Å². The lowest BCUT2D eigenvalue weighted by Gasteiger charge is -2.20. The largest absolute Gasteiger partial charge is 0.273 e. The van der Waals surface area contributed by atoms with Gasteiger partial charge >= 0.3 is 0 Å². The molecule has 1 rings (SSSR count). The highest BCUT2D eigenvalue weighted by molar-refractivity contribution is 5.75. The second-order valence-electron chi connectivity index (χ2n) is 4.32. The summed E-state index contributed by atoms with van der Waals surface area (Å²) in [5.74, 6) is 0.932. The minimum atomic E-state index is 0.123. The summed E-state index contributed by atoms with van der Waals surface area (Å²) in [5, 5.41) is 3.99. The molecule has 81 valence electrons. The molecule has 0 atom stereocenters. The fourth-order valence-corrected chi connectivity index (χ4v) is 2.12. The molecule has 0 bridgehead atoms. The van der Waals surface area contributed by atoms with E-state index in [0.717, 1.165) is 18.8 Å². The molecule has 0 aromatic carbocycles. The van der Waals surface area contributed by atoms with Crippen molar-refractivity contribution in [3.05, 3.63) is 0 Å². The van der Waals surface area contributed by atoms with Crippen LogP contribution in [0.1, 0.15) is 58.3 Å². The third-order valence-corrected chi connectivity index (χ3v) is 3.00. The Labute approximate surface area is 87.5 Å². The standard InChI is InChI=1S/C12H22NO/c1-2-10-13-12(14)9-8-11-6-4-3-5-7-11/h11H,2-10H2,1H3. The molecule has 2 nitrogen and oxygen atoms in total. The van der Waals surface area contributed by atoms with E-state index in [2.05, 4.69) is 12.2 Å². The summed E-state index contributed by atoms with van der Waals surface area (Å²) in [6.45, 7) is 2.77. The predicted octanol–water partition coefficient (Wildman–Crippen LogP) is 2.89. The predicted molar refractivity (Wildman–Crippen MR) is 58.1 cm³/mol. The third-order valence-electron chi connectivity index (χ3n) is 3.00. The SMILES string of the molecule is CCC[N]C(=O)CCC1CCCCC1. The molecular weight excluding hydrogens is 174 g/mol. The Kier molecular flexibility index (Phi) is 5.65. The zero-order valence-electron chi connectivity index (χ0n) is 9.30. The highest BCUT2D eigenvalue weighted by atomic mass is 16.1. The molecule has 14 heavy (non-hydrogen) atoms. The second-order valence-corrected chi connectivity index (χ2v) is 4.32. The highest BCUT2D eigenvalue weighted by Crippen LogP contribution is 2.27. The van der Waals surface area contributed by atoms with Crippen molar-refractivity contribution in [1.82, 2.24) is 5.32 Å². The number of rotatable bonds is 5. The molecule has 0 aromatic rings. The maximum atomic E-state index is 11.3. The number of hydrogen-bond donors (Lipinski definition) is 0. The molecule has 1 fully saturated rings. The van der Waals surface area contributed by atoms with Gasteiger partial charge in [-0.1, -0.05) is 39.0 Å². The van der Waals surface area contributed by atoms with E-state index in [0.29, 0.717) is 13.0 Å². The molecule has 2 heteroatoms. The Balaban J connectivity index is 2.03. The zero-order valence-corrected chi connectivity index (χ0v) is 9.30. The van der Waals surface area contributed by atoms with Gasteiger partial charge in [-0.2, -0.15) is 0 Å². The fraction of sp³-hybridized carbons (Fsp3) is 0.917. The van der Waals surface area contributed by atoms with E-state index >= 15 is 0 Å². The minimum absolute atomic E-state index is 0.123. The van der Waals surface area contributed by atoms with Crippen LogP contribution in [0.5, 0.6) is 0 Å². The Morgan fingerprint density at radius 3 is 2.64 bits per heavy atom. The summed E-state index contributed by atoms with van der Waals surface area (Å²) < 4.78 is 0. The summed E-state index contributed by atoms with van der Waals surface area (Å²) in [5.41, 5.74) is 0. The number of nitrogens with zero attached hydrogens (tertiary/aromatic N) is 1. The molecule has 0 unspecified atom stereocenters. The molecule has 1 aliphatic carbocycles. The van der Waals surface area contributed by atoms with Gasteiger partial charge in [-0.25, -0.2) is 0 Å². The number of amides is 1. The van der Waals surface area contributed by atoms with Gasteiger partial charge < -0.3 is 0 Å². The van der Waals surface area contributed by atoms with Crippen LogP contribution in [-0.2, 0) is 4.79 Å². The summed E-state index contributed by atoms with van der Waals surface area (Å²) in [4.78, 5) is 11.3. The van der Waals surface area contributed by atoms with Crippen LogP contribution in [0.25, 0.3) is 0 Å². The van der Waals surface area contributed by atoms with Crippen LogP contribution in [0.2, 0.25) is 0 Å². The Hall–Kier alpha value is -0.530. The molecule has 0 aromatic heterocycles. The van der Waals surface area contributed by atoms with Gasteiger partial charge in [0.1, 0.15) is 0 Å². The van der Waals surface area contributed by atoms with Gasteiger partial charge in [0.2, 0.25) is 5.91 Å². The third kappa shape index (κ3) is 4.64. The quantitative estimate of drug-likeness (QED) is 0.665. The topological polar surface area (TPSA) is 31.2 Å². The Bertz CT molecular complexity index is 162. The number of hydrogen-bond acceptors (Lipinski definition) is 1. The Morgan fingerprint density at radius 2 is 2.00 bits per heavy atom. The first-order chi connectivity index (χ1) is 6.83. The van der Waals surface area contributed by atoms with Gasteiger partial charge in [0.25, 0.3) is 0 Å². The van der Waals surface area contributed by atoms with Crippen molar-refractivity contribution in [2.45, 2.75) is 58.3 Å². The molecule has 0 N–H and O–H groups in total. The van der Waals surface area contributed by atoms with Crippen LogP contribution in [0.3, 0.4) is 0 Å². The van der Waals surface area contributed by atoms with Crippen molar-refractivity contribution in [1.29, 1.82) is 0 Å². The van der Waals surface area contributed by atoms with Crippen molar-refractivity contribution in [2.75, 3.05) is 6.54 Å². The lowest BCUT2D eigenvalue weighted by molar-refractivity contribution is -0.121. The molecule has 0 spiro atoms. The van der Waals surface area contributed by atoms with E-state index in [4.69, 9.17) is 0 Å². The first-order valence-corrected chi connectivity index (χ1v) is 6.03. The molecule has 1 amide bonds. The van der Waals surface area contributed by atoms with Gasteiger partial charge in [-0.15, -0.1) is 0 Å². The smallest absolute Gasteiger partial charge is 0.241 e. The van der Waals surface area contributed by atoms with Crippen molar-refractivity contribution in [2.24, 2.45) is 5.92 Å². The Morgan fingerprint density at radius 1 is 1.29 bits per heavy atom. The first kappa shape index (κ1) is 11.5. The molecule has 0 saturated heterocycles. The van der Waals surface area contributed by atoms with Crippen LogP contribution in [0.4, 0.5) is 0 Å². The van der Waals surface area contributed by atoms with Crippen LogP contribution in [0, 0.1) is 5.92 Å². The number of carbonyl (C=O) groups is 1. The van der Waals surface area contributed by atoms with E-state index in [1.807, 2.05) is 0 Å². The highest BCUT2D eigenvalue weighted by Gasteiger charge is 2.14. The monoisotopic (exact) mass is 196 g/mol. The van der Waals surface area contributed by atoms with Crippen molar-refractivity contribution < 1.29 is 4.79 Å². The summed E-state index contributed by atoms with van der Waals surface area (Å²) in [7, 11) is 0. The molecular formula is C12H22NO. The van der Waals surface area contributed by atoms with E-state index in [9.17, 15) is 4.79 Å². The average molecular weight is 196 g/mol. The van der Waals surface area contributed by atoms with E-state index < -0.39 is 0 Å². The summed E-state index contributed by atoms with van der Waals surface area (Å²) in [6.07, 6.45) is 9.54. The van der Waals surface area contributed by atoms with Crippen molar-refractivity contribution in [3.8, 4) is 0 Å². The number of carbonyl (C=O) groups excluding carboxylic acids is 1. The molecule has 0 heterocycles. The van der Waals surface area contributed by atoms with E-state index in [1.165, 1.54) is 32.1 Å². The second kappa shape index (κ2) is 6.86. The van der Waals surface area contributed by atoms with Gasteiger partial charge in [-0.05, 0) is 18.8 Å². The first-order valence-electron chi connectivity index (χ1n) is 6.03. The van der Waals surface area contributed by atoms with Crippen LogP contribution < -0.4 is 5.32 Å². The zero-order chi connectivity index (χ0) is 10.2. The maximum Gasteiger partial charge on any atom is 0.241 e. The maximum absolute atomic E-state index is 11.3. The van der Waals surface area contributed by atoms with Crippen LogP contribution >= 0.6 is 0 Å². The average Bonchev–Trinajstić information content (AvgIpc) is 2.25. The lowest BCUT2D eigenvalue weighted by atomic mass is 9.86. The fourth-order valence-electron chi connectivity index (χ4n) is 2.12. The van der Waals surface area contributed by atoms with E-state index in [1.54, 1.807) is 0 Å². The van der Waals surface area contributed by atoms with E-state index in [-0.39, 0.29) is 5.91 Å². The lowest BCUT2D eigenvalue weighted by Crippen LogP contribution is -2.17. The van der Waals surface area contributed by atoms with Crippen LogP contribution in [0.15, 0.2) is 0 Å². The molecule has 1 aliphatic rings. The van der Waals surface area contributed by atoms with Gasteiger partial charge in [0, 0.05) is 13.0 Å². The van der Waals surface area contributed by atoms with Gasteiger partial charge in [0.15, 0.2) is 0 Å². The van der Waals surface area contributed by atoms with Gasteiger partial charge in [0.05, 0.1) is 0 Å². The van der Waals surface area contributed by atoms with Crippen molar-refractivity contribution in [3.63, 3.8) is 0 Å². The molecule has 1 radical (unpaired) electrons. The summed E-state index contributed by atoms with van der Waals surface area (Å²) >= 11 is 0. The minimum Gasteiger partial charge on any atom is -0.273 e. The normalized spacial score (nSPS) is 18.1.